The van der Waals surface area contributed by atoms with Crippen LogP contribution in [0, 0.1) is 0 Å². The van der Waals surface area contributed by atoms with Gasteiger partial charge in [-0.1, -0.05) is 23.7 Å². The maximum absolute atomic E-state index is 12.3. The first-order chi connectivity index (χ1) is 13.4. The second-order valence-electron chi connectivity index (χ2n) is 6.08. The Hall–Kier alpha value is -2.82. The molecular formula is C17H20ClN5O5. The van der Waals surface area contributed by atoms with Crippen LogP contribution in [0.3, 0.4) is 0 Å². The van der Waals surface area contributed by atoms with Crippen LogP contribution in [0.5, 0.6) is 5.75 Å². The number of hydrogen-bond acceptors (Lipinski definition) is 7. The molecule has 3 rings (SSSR count). The van der Waals surface area contributed by atoms with E-state index >= 15 is 0 Å². The molecule has 2 heterocycles. The molecule has 0 aliphatic rings. The number of nitrogens with one attached hydrogen (secondary N) is 2. The van der Waals surface area contributed by atoms with Crippen molar-refractivity contribution < 1.29 is 14.9 Å². The summed E-state index contributed by atoms with van der Waals surface area (Å²) in [4.78, 5) is 30.6. The number of benzene rings is 1. The number of aliphatic hydroxyl groups is 2. The number of H-pyrrole nitrogens is 1. The standard InChI is InChI=1S/C17H20ClN5O5/c1-22-14-13(15(26)21-17(22)27)23(16(20-14)19-6-7-24)8-10(25)9-28-12-5-3-2-4-11(12)18/h2-5,10,24-25H,6-9H2,1H3,(H,19,20)(H,21,26,27)/t10-/m0/s1. The zero-order valence-corrected chi connectivity index (χ0v) is 15.8. The van der Waals surface area contributed by atoms with Gasteiger partial charge in [0.15, 0.2) is 11.2 Å². The molecule has 0 spiro atoms. The van der Waals surface area contributed by atoms with Crippen molar-refractivity contribution in [1.82, 2.24) is 19.1 Å². The molecule has 11 heteroatoms. The largest absolute Gasteiger partial charge is 0.489 e. The van der Waals surface area contributed by atoms with Gasteiger partial charge in [-0.3, -0.25) is 14.3 Å². The van der Waals surface area contributed by atoms with Crippen LogP contribution in [-0.2, 0) is 13.6 Å². The fourth-order valence-corrected chi connectivity index (χ4v) is 2.92. The summed E-state index contributed by atoms with van der Waals surface area (Å²) in [6, 6.07) is 6.87. The summed E-state index contributed by atoms with van der Waals surface area (Å²) < 4.78 is 8.18. The molecule has 0 unspecified atom stereocenters. The molecule has 3 aromatic rings. The molecule has 4 N–H and O–H groups in total. The molecule has 0 fully saturated rings. The number of anilines is 1. The average molecular weight is 410 g/mol. The van der Waals surface area contributed by atoms with Gasteiger partial charge >= 0.3 is 5.69 Å². The summed E-state index contributed by atoms with van der Waals surface area (Å²) in [7, 11) is 1.48. The van der Waals surface area contributed by atoms with Crippen LogP contribution in [0.15, 0.2) is 33.9 Å². The van der Waals surface area contributed by atoms with Gasteiger partial charge in [-0.05, 0) is 12.1 Å². The number of aryl methyl sites for hydroxylation is 1. The van der Waals surface area contributed by atoms with E-state index in [-0.39, 0.29) is 43.4 Å². The number of nitrogens with zero attached hydrogens (tertiary/aromatic N) is 3. The van der Waals surface area contributed by atoms with E-state index in [1.54, 1.807) is 24.3 Å². The highest BCUT2D eigenvalue weighted by Gasteiger charge is 2.20. The summed E-state index contributed by atoms with van der Waals surface area (Å²) in [5.41, 5.74) is -0.937. The Morgan fingerprint density at radius 2 is 2.11 bits per heavy atom. The zero-order chi connectivity index (χ0) is 20.3. The van der Waals surface area contributed by atoms with Crippen LogP contribution in [-0.4, -0.2) is 55.2 Å². The number of aliphatic hydroxyl groups excluding tert-OH is 2. The fraction of sp³-hybridized carbons (Fsp3) is 0.353. The molecule has 150 valence electrons. The topological polar surface area (TPSA) is 134 Å². The van der Waals surface area contributed by atoms with Crippen LogP contribution >= 0.6 is 11.6 Å². The molecule has 0 bridgehead atoms. The van der Waals surface area contributed by atoms with E-state index in [1.807, 2.05) is 0 Å². The third kappa shape index (κ3) is 4.03. The van der Waals surface area contributed by atoms with E-state index in [2.05, 4.69) is 15.3 Å². The molecule has 2 aromatic heterocycles. The molecule has 28 heavy (non-hydrogen) atoms. The van der Waals surface area contributed by atoms with Crippen LogP contribution in [0.1, 0.15) is 0 Å². The number of fused-ring (bicyclic) bond motifs is 1. The molecule has 0 radical (unpaired) electrons. The molecule has 1 aromatic carbocycles. The smallest absolute Gasteiger partial charge is 0.329 e. The van der Waals surface area contributed by atoms with E-state index in [4.69, 9.17) is 21.4 Å². The first-order valence-electron chi connectivity index (χ1n) is 8.52. The lowest BCUT2D eigenvalue weighted by molar-refractivity contribution is 0.0938. The van der Waals surface area contributed by atoms with Gasteiger partial charge in [0.25, 0.3) is 5.56 Å². The van der Waals surface area contributed by atoms with Crippen molar-refractivity contribution in [3.63, 3.8) is 0 Å². The van der Waals surface area contributed by atoms with Crippen molar-refractivity contribution in [2.45, 2.75) is 12.6 Å². The summed E-state index contributed by atoms with van der Waals surface area (Å²) in [5, 5.41) is 22.8. The minimum Gasteiger partial charge on any atom is -0.489 e. The Kier molecular flexibility index (Phi) is 6.02. The predicted molar refractivity (Wildman–Crippen MR) is 104 cm³/mol. The minimum atomic E-state index is -1.00. The molecule has 0 aliphatic carbocycles. The van der Waals surface area contributed by atoms with E-state index in [0.29, 0.717) is 10.8 Å². The lowest BCUT2D eigenvalue weighted by atomic mass is 10.3. The Bertz CT molecular complexity index is 1090. The van der Waals surface area contributed by atoms with Gasteiger partial charge in [-0.15, -0.1) is 0 Å². The number of imidazole rings is 1. The third-order valence-electron chi connectivity index (χ3n) is 4.06. The highest BCUT2D eigenvalue weighted by molar-refractivity contribution is 6.32. The van der Waals surface area contributed by atoms with E-state index in [9.17, 15) is 14.7 Å². The molecule has 0 amide bonds. The Balaban J connectivity index is 1.90. The highest BCUT2D eigenvalue weighted by Crippen LogP contribution is 2.23. The summed E-state index contributed by atoms with van der Waals surface area (Å²) in [6.07, 6.45) is -1.00. The average Bonchev–Trinajstić information content (AvgIpc) is 3.02. The Morgan fingerprint density at radius 1 is 1.36 bits per heavy atom. The monoisotopic (exact) mass is 409 g/mol. The molecule has 0 saturated heterocycles. The number of para-hydroxylation sites is 1. The Morgan fingerprint density at radius 3 is 2.82 bits per heavy atom. The lowest BCUT2D eigenvalue weighted by Crippen LogP contribution is -2.31. The number of aromatic amines is 1. The second kappa shape index (κ2) is 8.46. The van der Waals surface area contributed by atoms with Crippen LogP contribution in [0.25, 0.3) is 11.2 Å². The predicted octanol–water partition coefficient (Wildman–Crippen LogP) is -0.0792. The summed E-state index contributed by atoms with van der Waals surface area (Å²) >= 11 is 6.03. The quantitative estimate of drug-likeness (QED) is 0.408. The van der Waals surface area contributed by atoms with Crippen molar-refractivity contribution in [1.29, 1.82) is 0 Å². The van der Waals surface area contributed by atoms with Gasteiger partial charge in [0, 0.05) is 13.6 Å². The van der Waals surface area contributed by atoms with Gasteiger partial charge in [-0.25, -0.2) is 4.79 Å². The van der Waals surface area contributed by atoms with Gasteiger partial charge in [0.2, 0.25) is 5.95 Å². The van der Waals surface area contributed by atoms with E-state index < -0.39 is 17.4 Å². The van der Waals surface area contributed by atoms with Gasteiger partial charge < -0.3 is 24.8 Å². The summed E-state index contributed by atoms with van der Waals surface area (Å²) in [5.74, 6) is 0.671. The first kappa shape index (κ1) is 19.9. The highest BCUT2D eigenvalue weighted by atomic mass is 35.5. The van der Waals surface area contributed by atoms with Gasteiger partial charge in [0.05, 0.1) is 18.2 Å². The van der Waals surface area contributed by atoms with Crippen molar-refractivity contribution in [2.24, 2.45) is 7.05 Å². The zero-order valence-electron chi connectivity index (χ0n) is 15.1. The van der Waals surface area contributed by atoms with Crippen molar-refractivity contribution in [3.8, 4) is 5.75 Å². The lowest BCUT2D eigenvalue weighted by Gasteiger charge is -2.16. The van der Waals surface area contributed by atoms with Crippen molar-refractivity contribution >= 4 is 28.7 Å². The fourth-order valence-electron chi connectivity index (χ4n) is 2.73. The van der Waals surface area contributed by atoms with Gasteiger partial charge in [0.1, 0.15) is 18.5 Å². The Labute approximate surface area is 164 Å². The van der Waals surface area contributed by atoms with Gasteiger partial charge in [-0.2, -0.15) is 4.98 Å². The van der Waals surface area contributed by atoms with Crippen molar-refractivity contribution in [3.05, 3.63) is 50.1 Å². The number of halogens is 1. The molecule has 0 saturated carbocycles. The maximum Gasteiger partial charge on any atom is 0.329 e. The summed E-state index contributed by atoms with van der Waals surface area (Å²) in [6.45, 7) is -0.0828. The minimum absolute atomic E-state index is 0.0317. The molecule has 1 atom stereocenters. The third-order valence-corrected chi connectivity index (χ3v) is 4.38. The normalized spacial score (nSPS) is 12.3. The molecule has 10 nitrogen and oxygen atoms in total. The van der Waals surface area contributed by atoms with E-state index in [0.717, 1.165) is 0 Å². The number of hydrogen-bond donors (Lipinski definition) is 4. The van der Waals surface area contributed by atoms with Crippen LogP contribution in [0.4, 0.5) is 5.95 Å². The number of ether oxygens (including phenoxy) is 1. The SMILES string of the molecule is Cn1c(=O)[nH]c(=O)c2c1nc(NCCO)n2C[C@H](O)COc1ccccc1Cl. The number of aromatic nitrogens is 4. The second-order valence-corrected chi connectivity index (χ2v) is 6.49. The van der Waals surface area contributed by atoms with E-state index in [1.165, 1.54) is 16.2 Å². The van der Waals surface area contributed by atoms with Crippen LogP contribution < -0.4 is 21.3 Å². The van der Waals surface area contributed by atoms with Crippen molar-refractivity contribution in [2.75, 3.05) is 25.1 Å². The molecular weight excluding hydrogens is 390 g/mol. The maximum atomic E-state index is 12.3. The number of rotatable bonds is 8. The van der Waals surface area contributed by atoms with Crippen LogP contribution in [0.2, 0.25) is 5.02 Å². The first-order valence-corrected chi connectivity index (χ1v) is 8.89. The molecule has 0 aliphatic heterocycles.